The van der Waals surface area contributed by atoms with Crippen LogP contribution in [0, 0.1) is 0 Å². The molecular weight excluding hydrogens is 198 g/mol. The van der Waals surface area contributed by atoms with E-state index in [1.54, 1.807) is 6.07 Å². The van der Waals surface area contributed by atoms with Crippen molar-refractivity contribution in [3.63, 3.8) is 0 Å². The number of hydrogen-bond donors (Lipinski definition) is 3. The van der Waals surface area contributed by atoms with E-state index in [9.17, 15) is 9.59 Å². The summed E-state index contributed by atoms with van der Waals surface area (Å²) in [4.78, 5) is 21.9. The van der Waals surface area contributed by atoms with E-state index in [4.69, 9.17) is 15.9 Å². The highest BCUT2D eigenvalue weighted by Crippen LogP contribution is 2.15. The summed E-state index contributed by atoms with van der Waals surface area (Å²) in [5.41, 5.74) is 5.39. The molecule has 0 fully saturated rings. The predicted octanol–water partition coefficient (Wildman–Crippen LogP) is 0.0185. The Kier molecular flexibility index (Phi) is 3.41. The molecule has 0 aliphatic heterocycles. The minimum atomic E-state index is -1.21. The van der Waals surface area contributed by atoms with E-state index in [1.165, 1.54) is 12.1 Å². The lowest BCUT2D eigenvalue weighted by molar-refractivity contribution is 0.0691. The van der Waals surface area contributed by atoms with Crippen LogP contribution < -0.4 is 5.73 Å². The molecule has 4 N–H and O–H groups in total. The summed E-state index contributed by atoms with van der Waals surface area (Å²) in [5.74, 6) is -2.00. The van der Waals surface area contributed by atoms with E-state index in [2.05, 4.69) is 0 Å². The number of carbonyl (C=O) groups excluding carboxylic acids is 1. The number of carboxylic acid groups (broad SMARTS) is 1. The van der Waals surface area contributed by atoms with Crippen molar-refractivity contribution in [2.75, 3.05) is 6.61 Å². The third-order valence-electron chi connectivity index (χ3n) is 2.01. The van der Waals surface area contributed by atoms with Crippen molar-refractivity contribution in [1.29, 1.82) is 0 Å². The maximum atomic E-state index is 11.1. The molecule has 0 aliphatic carbocycles. The van der Waals surface area contributed by atoms with Crippen molar-refractivity contribution >= 4 is 11.9 Å². The number of carboxylic acids is 1. The van der Waals surface area contributed by atoms with Crippen LogP contribution in [0.4, 0.5) is 0 Å². The standard InChI is InChI=1S/C10H11NO4/c11-9(13)8-6(4-5-12)2-1-3-7(8)10(14)15/h1-3,12H,4-5H2,(H2,11,13)(H,14,15). The second-order valence-corrected chi connectivity index (χ2v) is 2.98. The van der Waals surface area contributed by atoms with Crippen molar-refractivity contribution in [2.24, 2.45) is 5.73 Å². The van der Waals surface area contributed by atoms with E-state index < -0.39 is 11.9 Å². The molecule has 15 heavy (non-hydrogen) atoms. The quantitative estimate of drug-likeness (QED) is 0.650. The Labute approximate surface area is 86.1 Å². The molecule has 0 spiro atoms. The van der Waals surface area contributed by atoms with Crippen LogP contribution in [0.25, 0.3) is 0 Å². The summed E-state index contributed by atoms with van der Waals surface area (Å²) in [6, 6.07) is 4.40. The van der Waals surface area contributed by atoms with Crippen molar-refractivity contribution in [3.05, 3.63) is 34.9 Å². The highest BCUT2D eigenvalue weighted by Gasteiger charge is 2.17. The summed E-state index contributed by atoms with van der Waals surface area (Å²) in [5, 5.41) is 17.6. The fourth-order valence-electron chi connectivity index (χ4n) is 1.40. The van der Waals surface area contributed by atoms with Gasteiger partial charge >= 0.3 is 5.97 Å². The van der Waals surface area contributed by atoms with Gasteiger partial charge in [-0.25, -0.2) is 4.79 Å². The van der Waals surface area contributed by atoms with Crippen molar-refractivity contribution in [1.82, 2.24) is 0 Å². The van der Waals surface area contributed by atoms with E-state index in [1.807, 2.05) is 0 Å². The second-order valence-electron chi connectivity index (χ2n) is 2.98. The molecule has 1 aromatic rings. The molecular formula is C10H11NO4. The highest BCUT2D eigenvalue weighted by atomic mass is 16.4. The number of carbonyl (C=O) groups is 2. The monoisotopic (exact) mass is 209 g/mol. The molecule has 0 atom stereocenters. The summed E-state index contributed by atoms with van der Waals surface area (Å²) in [6.07, 6.45) is 0.208. The zero-order valence-electron chi connectivity index (χ0n) is 7.93. The van der Waals surface area contributed by atoms with Crippen LogP contribution in [0.15, 0.2) is 18.2 Å². The Morgan fingerprint density at radius 3 is 2.47 bits per heavy atom. The molecule has 0 heterocycles. The Balaban J connectivity index is 3.34. The first-order valence-electron chi connectivity index (χ1n) is 4.33. The first-order chi connectivity index (χ1) is 7.07. The van der Waals surface area contributed by atoms with E-state index >= 15 is 0 Å². The first-order valence-corrected chi connectivity index (χ1v) is 4.33. The normalized spacial score (nSPS) is 9.93. The fraction of sp³-hybridized carbons (Fsp3) is 0.200. The SMILES string of the molecule is NC(=O)c1c(CCO)cccc1C(=O)O. The number of amides is 1. The van der Waals surface area contributed by atoms with Gasteiger partial charge < -0.3 is 15.9 Å². The van der Waals surface area contributed by atoms with Gasteiger partial charge in [0.1, 0.15) is 0 Å². The van der Waals surface area contributed by atoms with Gasteiger partial charge in [-0.15, -0.1) is 0 Å². The van der Waals surface area contributed by atoms with Crippen LogP contribution in [0.3, 0.4) is 0 Å². The first kappa shape index (κ1) is 11.2. The number of rotatable bonds is 4. The fourth-order valence-corrected chi connectivity index (χ4v) is 1.40. The molecule has 5 heteroatoms. The number of hydrogen-bond acceptors (Lipinski definition) is 3. The lowest BCUT2D eigenvalue weighted by Crippen LogP contribution is -2.19. The minimum Gasteiger partial charge on any atom is -0.478 e. The number of nitrogens with two attached hydrogens (primary N) is 1. The Bertz CT molecular complexity index is 400. The van der Waals surface area contributed by atoms with E-state index in [0.717, 1.165) is 0 Å². The van der Waals surface area contributed by atoms with E-state index in [0.29, 0.717) is 5.56 Å². The van der Waals surface area contributed by atoms with Crippen LogP contribution in [-0.4, -0.2) is 28.7 Å². The van der Waals surface area contributed by atoms with Crippen LogP contribution in [0.1, 0.15) is 26.3 Å². The zero-order chi connectivity index (χ0) is 11.4. The summed E-state index contributed by atoms with van der Waals surface area (Å²) >= 11 is 0. The van der Waals surface area contributed by atoms with Gasteiger partial charge in [0.25, 0.3) is 0 Å². The van der Waals surface area contributed by atoms with E-state index in [-0.39, 0.29) is 24.2 Å². The van der Waals surface area contributed by atoms with Gasteiger partial charge in [-0.05, 0) is 18.1 Å². The smallest absolute Gasteiger partial charge is 0.336 e. The van der Waals surface area contributed by atoms with Gasteiger partial charge in [-0.2, -0.15) is 0 Å². The summed E-state index contributed by atoms with van der Waals surface area (Å²) in [6.45, 7) is -0.163. The second kappa shape index (κ2) is 4.56. The third kappa shape index (κ3) is 2.32. The molecule has 0 saturated heterocycles. The maximum Gasteiger partial charge on any atom is 0.336 e. The minimum absolute atomic E-state index is 0.0287. The summed E-state index contributed by atoms with van der Waals surface area (Å²) in [7, 11) is 0. The van der Waals surface area contributed by atoms with Crippen LogP contribution >= 0.6 is 0 Å². The average molecular weight is 209 g/mol. The molecule has 0 bridgehead atoms. The number of aliphatic hydroxyl groups excluding tert-OH is 1. The molecule has 1 aromatic carbocycles. The van der Waals surface area contributed by atoms with Gasteiger partial charge in [-0.3, -0.25) is 4.79 Å². The Morgan fingerprint density at radius 2 is 2.00 bits per heavy atom. The predicted molar refractivity (Wildman–Crippen MR) is 52.7 cm³/mol. The number of aliphatic hydroxyl groups is 1. The van der Waals surface area contributed by atoms with Crippen LogP contribution in [-0.2, 0) is 6.42 Å². The molecule has 0 radical (unpaired) electrons. The van der Waals surface area contributed by atoms with Crippen molar-refractivity contribution < 1.29 is 19.8 Å². The lowest BCUT2D eigenvalue weighted by atomic mass is 9.98. The Morgan fingerprint density at radius 1 is 1.33 bits per heavy atom. The Hall–Kier alpha value is -1.88. The molecule has 0 unspecified atom stereocenters. The highest BCUT2D eigenvalue weighted by molar-refractivity contribution is 6.05. The summed E-state index contributed by atoms with van der Waals surface area (Å²) < 4.78 is 0. The largest absolute Gasteiger partial charge is 0.478 e. The molecule has 0 aliphatic rings. The van der Waals surface area contributed by atoms with Crippen LogP contribution in [0.2, 0.25) is 0 Å². The number of aromatic carboxylic acids is 1. The molecule has 5 nitrogen and oxygen atoms in total. The molecule has 1 rings (SSSR count). The molecule has 0 aromatic heterocycles. The van der Waals surface area contributed by atoms with Gasteiger partial charge in [0.05, 0.1) is 11.1 Å². The van der Waals surface area contributed by atoms with Crippen LogP contribution in [0.5, 0.6) is 0 Å². The van der Waals surface area contributed by atoms with Gasteiger partial charge in [-0.1, -0.05) is 12.1 Å². The maximum absolute atomic E-state index is 11.1. The molecule has 0 saturated carbocycles. The number of benzene rings is 1. The van der Waals surface area contributed by atoms with Gasteiger partial charge in [0, 0.05) is 6.61 Å². The third-order valence-corrected chi connectivity index (χ3v) is 2.01. The van der Waals surface area contributed by atoms with Gasteiger partial charge in [0.15, 0.2) is 0 Å². The average Bonchev–Trinajstić information content (AvgIpc) is 2.17. The van der Waals surface area contributed by atoms with Crippen molar-refractivity contribution in [3.8, 4) is 0 Å². The lowest BCUT2D eigenvalue weighted by Gasteiger charge is -2.08. The molecule has 1 amide bonds. The topological polar surface area (TPSA) is 101 Å². The van der Waals surface area contributed by atoms with Gasteiger partial charge in [0.2, 0.25) is 5.91 Å². The number of primary amides is 1. The van der Waals surface area contributed by atoms with Crippen molar-refractivity contribution in [2.45, 2.75) is 6.42 Å². The molecule has 80 valence electrons. The zero-order valence-corrected chi connectivity index (χ0v) is 7.93.